The van der Waals surface area contributed by atoms with Gasteiger partial charge in [0.15, 0.2) is 23.9 Å². The number of nitrogens with one attached hydrogen (secondary N) is 1. The highest BCUT2D eigenvalue weighted by atomic mass is 32.1. The first-order valence-electron chi connectivity index (χ1n) is 8.53. The van der Waals surface area contributed by atoms with Gasteiger partial charge < -0.3 is 9.47 Å². The molecule has 0 aliphatic rings. The Morgan fingerprint density at radius 1 is 1.07 bits per heavy atom. The normalized spacial score (nSPS) is 10.4. The van der Waals surface area contributed by atoms with Crippen molar-refractivity contribution in [3.8, 4) is 11.5 Å². The summed E-state index contributed by atoms with van der Waals surface area (Å²) in [7, 11) is 1.47. The van der Waals surface area contributed by atoms with Crippen molar-refractivity contribution in [3.63, 3.8) is 0 Å². The quantitative estimate of drug-likeness (QED) is 0.586. The molecule has 0 aliphatic heterocycles. The van der Waals surface area contributed by atoms with Gasteiger partial charge in [-0.05, 0) is 30.7 Å². The molecule has 2 aromatic carbocycles. The number of hydrogen-bond acceptors (Lipinski definition) is 7. The number of methoxy groups -OCH3 is 1. The molecule has 1 aromatic heterocycles. The lowest BCUT2D eigenvalue weighted by atomic mass is 10.1. The minimum Gasteiger partial charge on any atom is -0.493 e. The molecule has 1 heterocycles. The van der Waals surface area contributed by atoms with Gasteiger partial charge in [-0.2, -0.15) is 0 Å². The third-order valence-electron chi connectivity index (χ3n) is 3.84. The number of rotatable bonds is 8. The monoisotopic (exact) mass is 397 g/mol. The van der Waals surface area contributed by atoms with Crippen LogP contribution in [-0.2, 0) is 11.2 Å². The smallest absolute Gasteiger partial charge is 0.264 e. The lowest BCUT2D eigenvalue weighted by Gasteiger charge is -2.11. The zero-order chi connectivity index (χ0) is 19.9. The van der Waals surface area contributed by atoms with Gasteiger partial charge in [-0.1, -0.05) is 41.7 Å². The van der Waals surface area contributed by atoms with E-state index < -0.39 is 0 Å². The first-order valence-corrected chi connectivity index (χ1v) is 9.34. The SMILES string of the molecule is COc1cc(C(C)=O)ccc1OCC(=O)Nc1nnc(Cc2ccccc2)s1. The molecule has 0 unspecified atom stereocenters. The van der Waals surface area contributed by atoms with Crippen LogP contribution in [-0.4, -0.2) is 35.6 Å². The average Bonchev–Trinajstić information content (AvgIpc) is 3.13. The van der Waals surface area contributed by atoms with Gasteiger partial charge in [0.25, 0.3) is 5.91 Å². The Morgan fingerprint density at radius 2 is 1.86 bits per heavy atom. The molecule has 8 heteroatoms. The highest BCUT2D eigenvalue weighted by Crippen LogP contribution is 2.28. The Labute approximate surface area is 166 Å². The molecule has 3 rings (SSSR count). The summed E-state index contributed by atoms with van der Waals surface area (Å²) in [5.41, 5.74) is 1.63. The number of anilines is 1. The fourth-order valence-corrected chi connectivity index (χ4v) is 3.24. The van der Waals surface area contributed by atoms with Crippen LogP contribution in [0, 0.1) is 0 Å². The number of ether oxygens (including phenoxy) is 2. The molecule has 0 saturated heterocycles. The molecular weight excluding hydrogens is 378 g/mol. The molecular formula is C20H19N3O4S. The highest BCUT2D eigenvalue weighted by Gasteiger charge is 2.12. The number of ketones is 1. The second-order valence-electron chi connectivity index (χ2n) is 5.92. The van der Waals surface area contributed by atoms with Crippen molar-refractivity contribution in [3.05, 3.63) is 64.7 Å². The number of benzene rings is 2. The van der Waals surface area contributed by atoms with Gasteiger partial charge in [-0.15, -0.1) is 10.2 Å². The minimum absolute atomic E-state index is 0.0785. The maximum Gasteiger partial charge on any atom is 0.264 e. The summed E-state index contributed by atoms with van der Waals surface area (Å²) in [5.74, 6) is 0.330. The van der Waals surface area contributed by atoms with Crippen molar-refractivity contribution in [2.45, 2.75) is 13.3 Å². The first-order chi connectivity index (χ1) is 13.5. The van der Waals surface area contributed by atoms with Crippen LogP contribution in [0.5, 0.6) is 11.5 Å². The largest absolute Gasteiger partial charge is 0.493 e. The molecule has 0 bridgehead atoms. The van der Waals surface area contributed by atoms with Gasteiger partial charge in [0.2, 0.25) is 5.13 Å². The van der Waals surface area contributed by atoms with Crippen LogP contribution < -0.4 is 14.8 Å². The van der Waals surface area contributed by atoms with Crippen LogP contribution in [0.15, 0.2) is 48.5 Å². The minimum atomic E-state index is -0.361. The summed E-state index contributed by atoms with van der Waals surface area (Å²) >= 11 is 1.32. The summed E-state index contributed by atoms with van der Waals surface area (Å²) in [5, 5.41) is 12.0. The summed E-state index contributed by atoms with van der Waals surface area (Å²) in [6.07, 6.45) is 0.657. The number of aromatic nitrogens is 2. The number of amides is 1. The molecule has 7 nitrogen and oxygen atoms in total. The van der Waals surface area contributed by atoms with Gasteiger partial charge >= 0.3 is 0 Å². The van der Waals surface area contributed by atoms with E-state index in [-0.39, 0.29) is 18.3 Å². The van der Waals surface area contributed by atoms with Crippen molar-refractivity contribution in [1.29, 1.82) is 0 Å². The number of Topliss-reactive ketones (excluding diaryl/α,β-unsaturated/α-hetero) is 1. The van der Waals surface area contributed by atoms with Crippen molar-refractivity contribution in [1.82, 2.24) is 10.2 Å². The van der Waals surface area contributed by atoms with Crippen molar-refractivity contribution >= 4 is 28.2 Å². The van der Waals surface area contributed by atoms with Crippen LogP contribution in [0.2, 0.25) is 0 Å². The van der Waals surface area contributed by atoms with Crippen LogP contribution >= 0.6 is 11.3 Å². The van der Waals surface area contributed by atoms with Crippen molar-refractivity contribution in [2.75, 3.05) is 19.0 Å². The van der Waals surface area contributed by atoms with E-state index in [1.807, 2.05) is 30.3 Å². The van der Waals surface area contributed by atoms with Gasteiger partial charge in [0.1, 0.15) is 5.01 Å². The lowest BCUT2D eigenvalue weighted by molar-refractivity contribution is -0.118. The van der Waals surface area contributed by atoms with Crippen molar-refractivity contribution in [2.24, 2.45) is 0 Å². The molecule has 28 heavy (non-hydrogen) atoms. The Kier molecular flexibility index (Phi) is 6.33. The molecule has 144 valence electrons. The zero-order valence-corrected chi connectivity index (χ0v) is 16.3. The lowest BCUT2D eigenvalue weighted by Crippen LogP contribution is -2.20. The Balaban J connectivity index is 1.56. The maximum absolute atomic E-state index is 12.1. The van der Waals surface area contributed by atoms with E-state index in [0.29, 0.717) is 28.6 Å². The second-order valence-corrected chi connectivity index (χ2v) is 6.98. The summed E-state index contributed by atoms with van der Waals surface area (Å²) in [6, 6.07) is 14.7. The van der Waals surface area contributed by atoms with Crippen LogP contribution in [0.4, 0.5) is 5.13 Å². The third-order valence-corrected chi connectivity index (χ3v) is 4.68. The zero-order valence-electron chi connectivity index (χ0n) is 15.5. The molecule has 0 spiro atoms. The van der Waals surface area contributed by atoms with E-state index in [9.17, 15) is 9.59 Å². The average molecular weight is 397 g/mol. The molecule has 0 radical (unpaired) electrons. The van der Waals surface area contributed by atoms with E-state index >= 15 is 0 Å². The maximum atomic E-state index is 12.1. The summed E-state index contributed by atoms with van der Waals surface area (Å²) in [4.78, 5) is 23.6. The van der Waals surface area contributed by atoms with E-state index in [1.165, 1.54) is 25.4 Å². The van der Waals surface area contributed by atoms with Crippen LogP contribution in [0.1, 0.15) is 27.9 Å². The third kappa shape index (κ3) is 5.14. The van der Waals surface area contributed by atoms with Crippen molar-refractivity contribution < 1.29 is 19.1 Å². The highest BCUT2D eigenvalue weighted by molar-refractivity contribution is 7.15. The molecule has 0 fully saturated rings. The topological polar surface area (TPSA) is 90.4 Å². The predicted octanol–water partition coefficient (Wildman–Crippen LogP) is 3.36. The number of carbonyl (C=O) groups is 2. The standard InChI is InChI=1S/C20H19N3O4S/c1-13(24)15-8-9-16(17(11-15)26-2)27-12-18(25)21-20-23-22-19(28-20)10-14-6-4-3-5-7-14/h3-9,11H,10,12H2,1-2H3,(H,21,23,25). The number of carbonyl (C=O) groups excluding carboxylic acids is 2. The summed E-state index contributed by atoms with van der Waals surface area (Å²) in [6.45, 7) is 1.25. The number of hydrogen-bond donors (Lipinski definition) is 1. The molecule has 0 atom stereocenters. The first kappa shape index (κ1) is 19.5. The van der Waals surface area contributed by atoms with Crippen LogP contribution in [0.3, 0.4) is 0 Å². The predicted molar refractivity (Wildman–Crippen MR) is 106 cm³/mol. The van der Waals surface area contributed by atoms with E-state index in [0.717, 1.165) is 10.6 Å². The fourth-order valence-electron chi connectivity index (χ4n) is 2.45. The second kappa shape index (κ2) is 9.09. The Bertz CT molecular complexity index is 973. The molecule has 1 amide bonds. The Morgan fingerprint density at radius 3 is 2.57 bits per heavy atom. The van der Waals surface area contributed by atoms with E-state index in [4.69, 9.17) is 9.47 Å². The van der Waals surface area contributed by atoms with E-state index in [1.54, 1.807) is 18.2 Å². The Hall–Kier alpha value is -3.26. The van der Waals surface area contributed by atoms with Gasteiger partial charge in [0.05, 0.1) is 7.11 Å². The van der Waals surface area contributed by atoms with Gasteiger partial charge in [0, 0.05) is 12.0 Å². The van der Waals surface area contributed by atoms with Gasteiger partial charge in [-0.25, -0.2) is 0 Å². The number of nitrogens with zero attached hydrogens (tertiary/aromatic N) is 2. The van der Waals surface area contributed by atoms with E-state index in [2.05, 4.69) is 15.5 Å². The molecule has 1 N–H and O–H groups in total. The fraction of sp³-hybridized carbons (Fsp3) is 0.200. The molecule has 0 aliphatic carbocycles. The molecule has 3 aromatic rings. The van der Waals surface area contributed by atoms with Crippen LogP contribution in [0.25, 0.3) is 0 Å². The molecule has 0 saturated carbocycles. The summed E-state index contributed by atoms with van der Waals surface area (Å²) < 4.78 is 10.7. The van der Waals surface area contributed by atoms with Gasteiger partial charge in [-0.3, -0.25) is 14.9 Å².